The molecule has 0 aliphatic carbocycles. The van der Waals surface area contributed by atoms with Gasteiger partial charge in [0.25, 0.3) is 0 Å². The zero-order valence-electron chi connectivity index (χ0n) is 8.63. The van der Waals surface area contributed by atoms with Crippen LogP contribution in [0.5, 0.6) is 5.75 Å². The fourth-order valence-electron chi connectivity index (χ4n) is 1.59. The number of halogens is 1. The molecule has 1 unspecified atom stereocenters. The van der Waals surface area contributed by atoms with E-state index in [2.05, 4.69) is 15.9 Å². The topological polar surface area (TPSA) is 81.0 Å². The Morgan fingerprint density at radius 2 is 2.24 bits per heavy atom. The highest BCUT2D eigenvalue weighted by molar-refractivity contribution is 9.10. The summed E-state index contributed by atoms with van der Waals surface area (Å²) in [5, 5.41) is 28.3. The molecular weight excluding hydrogens is 310 g/mol. The van der Waals surface area contributed by atoms with Crippen molar-refractivity contribution in [2.75, 3.05) is 6.54 Å². The Labute approximate surface area is 110 Å². The number of aliphatic carboxylic acids is 1. The van der Waals surface area contributed by atoms with E-state index < -0.39 is 12.2 Å². The molecule has 1 atom stereocenters. The molecular formula is C10H10BrNO4S. The summed E-state index contributed by atoms with van der Waals surface area (Å²) in [7, 11) is 0. The summed E-state index contributed by atoms with van der Waals surface area (Å²) >= 11 is 4.40. The van der Waals surface area contributed by atoms with Crippen molar-refractivity contribution >= 4 is 33.8 Å². The second-order valence-corrected chi connectivity index (χ2v) is 5.57. The van der Waals surface area contributed by atoms with Crippen LogP contribution in [0.2, 0.25) is 0 Å². The molecule has 0 saturated heterocycles. The SMILES string of the molecule is O=C(O)CCN1Sc2c(O)cc(Br)cc2C1O. The number of benzene rings is 1. The van der Waals surface area contributed by atoms with Crippen molar-refractivity contribution in [1.29, 1.82) is 0 Å². The molecule has 1 aromatic carbocycles. The van der Waals surface area contributed by atoms with Crippen molar-refractivity contribution in [3.05, 3.63) is 22.2 Å². The summed E-state index contributed by atoms with van der Waals surface area (Å²) in [6.45, 7) is 0.215. The molecule has 0 bridgehead atoms. The van der Waals surface area contributed by atoms with Crippen molar-refractivity contribution in [1.82, 2.24) is 4.31 Å². The van der Waals surface area contributed by atoms with E-state index >= 15 is 0 Å². The molecule has 1 aliphatic rings. The lowest BCUT2D eigenvalue weighted by Crippen LogP contribution is -2.20. The maximum absolute atomic E-state index is 10.5. The number of phenolic OH excluding ortho intramolecular Hbond substituents is 1. The van der Waals surface area contributed by atoms with Crippen LogP contribution >= 0.6 is 27.9 Å². The van der Waals surface area contributed by atoms with E-state index in [4.69, 9.17) is 5.11 Å². The zero-order valence-corrected chi connectivity index (χ0v) is 11.0. The molecule has 2 rings (SSSR count). The molecule has 1 heterocycles. The number of hydrogen-bond acceptors (Lipinski definition) is 5. The van der Waals surface area contributed by atoms with Crippen LogP contribution in [0.1, 0.15) is 18.2 Å². The third kappa shape index (κ3) is 2.57. The van der Waals surface area contributed by atoms with E-state index in [0.717, 1.165) is 0 Å². The van der Waals surface area contributed by atoms with E-state index in [1.165, 1.54) is 16.3 Å². The summed E-state index contributed by atoms with van der Waals surface area (Å²) in [6.07, 6.45) is -0.947. The Morgan fingerprint density at radius 1 is 1.53 bits per heavy atom. The van der Waals surface area contributed by atoms with Crippen LogP contribution in [0.25, 0.3) is 0 Å². The van der Waals surface area contributed by atoms with Gasteiger partial charge in [-0.05, 0) is 24.1 Å². The third-order valence-corrected chi connectivity index (χ3v) is 4.07. The highest BCUT2D eigenvalue weighted by Crippen LogP contribution is 2.48. The first-order chi connectivity index (χ1) is 7.99. The molecule has 0 amide bonds. The van der Waals surface area contributed by atoms with Crippen molar-refractivity contribution in [2.24, 2.45) is 0 Å². The largest absolute Gasteiger partial charge is 0.507 e. The predicted octanol–water partition coefficient (Wildman–Crippen LogP) is 1.94. The van der Waals surface area contributed by atoms with E-state index in [0.29, 0.717) is 14.9 Å². The van der Waals surface area contributed by atoms with E-state index in [1.807, 2.05) is 0 Å². The Bertz CT molecular complexity index is 468. The Balaban J connectivity index is 2.20. The second kappa shape index (κ2) is 4.85. The van der Waals surface area contributed by atoms with Crippen LogP contribution < -0.4 is 0 Å². The zero-order chi connectivity index (χ0) is 12.6. The summed E-state index contributed by atoms with van der Waals surface area (Å²) in [5.74, 6) is -0.838. The monoisotopic (exact) mass is 319 g/mol. The number of fused-ring (bicyclic) bond motifs is 1. The highest BCUT2D eigenvalue weighted by atomic mass is 79.9. The van der Waals surface area contributed by atoms with Gasteiger partial charge in [-0.25, -0.2) is 4.31 Å². The predicted molar refractivity (Wildman–Crippen MR) is 65.6 cm³/mol. The summed E-state index contributed by atoms with van der Waals surface area (Å²) in [4.78, 5) is 11.1. The lowest BCUT2D eigenvalue weighted by atomic mass is 10.2. The molecule has 1 aliphatic heterocycles. The van der Waals surface area contributed by atoms with Crippen LogP contribution in [0.4, 0.5) is 0 Å². The third-order valence-electron chi connectivity index (χ3n) is 2.37. The van der Waals surface area contributed by atoms with E-state index in [-0.39, 0.29) is 18.7 Å². The van der Waals surface area contributed by atoms with Gasteiger partial charge >= 0.3 is 5.97 Å². The maximum Gasteiger partial charge on any atom is 0.304 e. The minimum atomic E-state index is -0.917. The van der Waals surface area contributed by atoms with E-state index in [9.17, 15) is 15.0 Å². The number of aliphatic hydroxyl groups excluding tert-OH is 1. The van der Waals surface area contributed by atoms with Gasteiger partial charge in [0.05, 0.1) is 11.3 Å². The Morgan fingerprint density at radius 3 is 2.88 bits per heavy atom. The number of nitrogens with zero attached hydrogens (tertiary/aromatic N) is 1. The van der Waals surface area contributed by atoms with Crippen LogP contribution in [-0.2, 0) is 4.79 Å². The molecule has 0 fully saturated rings. The number of carboxylic acid groups (broad SMARTS) is 1. The second-order valence-electron chi connectivity index (χ2n) is 3.59. The normalized spacial score (nSPS) is 19.3. The first-order valence-electron chi connectivity index (χ1n) is 4.86. The average Bonchev–Trinajstić information content (AvgIpc) is 2.54. The molecule has 0 aromatic heterocycles. The first kappa shape index (κ1) is 12.7. The molecule has 1 aromatic rings. The fraction of sp³-hybridized carbons (Fsp3) is 0.300. The summed E-state index contributed by atoms with van der Waals surface area (Å²) in [6, 6.07) is 3.26. The van der Waals surface area contributed by atoms with Gasteiger partial charge < -0.3 is 15.3 Å². The summed E-state index contributed by atoms with van der Waals surface area (Å²) < 4.78 is 2.21. The number of aliphatic hydroxyl groups is 1. The van der Waals surface area contributed by atoms with Crippen molar-refractivity contribution in [3.8, 4) is 5.75 Å². The maximum atomic E-state index is 10.5. The molecule has 0 radical (unpaired) electrons. The Hall–Kier alpha value is -0.760. The quantitative estimate of drug-likeness (QED) is 0.739. The molecule has 17 heavy (non-hydrogen) atoms. The Kier molecular flexibility index (Phi) is 3.62. The van der Waals surface area contributed by atoms with Gasteiger partial charge in [0.15, 0.2) is 0 Å². The van der Waals surface area contributed by atoms with Crippen LogP contribution in [-0.4, -0.2) is 32.1 Å². The van der Waals surface area contributed by atoms with E-state index in [1.54, 1.807) is 12.1 Å². The highest BCUT2D eigenvalue weighted by Gasteiger charge is 2.32. The molecule has 5 nitrogen and oxygen atoms in total. The van der Waals surface area contributed by atoms with Crippen molar-refractivity contribution < 1.29 is 20.1 Å². The molecule has 0 spiro atoms. The van der Waals surface area contributed by atoms with Crippen molar-refractivity contribution in [2.45, 2.75) is 17.5 Å². The van der Waals surface area contributed by atoms with Gasteiger partial charge in [-0.1, -0.05) is 15.9 Å². The number of rotatable bonds is 3. The standard InChI is InChI=1S/C10H10BrNO4S/c11-5-3-6-9(7(13)4-5)17-12(10(6)16)2-1-8(14)15/h3-4,10,13,16H,1-2H2,(H,14,15). The summed E-state index contributed by atoms with van der Waals surface area (Å²) in [5.41, 5.74) is 0.590. The van der Waals surface area contributed by atoms with Gasteiger partial charge in [-0.15, -0.1) is 0 Å². The smallest absolute Gasteiger partial charge is 0.304 e. The van der Waals surface area contributed by atoms with Crippen LogP contribution in [0.15, 0.2) is 21.5 Å². The number of carboxylic acids is 1. The van der Waals surface area contributed by atoms with Gasteiger partial charge in [-0.2, -0.15) is 0 Å². The minimum absolute atomic E-state index is 0.0556. The number of aromatic hydroxyl groups is 1. The van der Waals surface area contributed by atoms with Crippen LogP contribution in [0, 0.1) is 0 Å². The van der Waals surface area contributed by atoms with Gasteiger partial charge in [0.2, 0.25) is 0 Å². The van der Waals surface area contributed by atoms with Gasteiger partial charge in [0.1, 0.15) is 12.0 Å². The molecule has 92 valence electrons. The average molecular weight is 320 g/mol. The number of carbonyl (C=O) groups is 1. The van der Waals surface area contributed by atoms with Crippen molar-refractivity contribution in [3.63, 3.8) is 0 Å². The number of hydrogen-bond donors (Lipinski definition) is 3. The van der Waals surface area contributed by atoms with Gasteiger partial charge in [-0.3, -0.25) is 4.79 Å². The lowest BCUT2D eigenvalue weighted by molar-refractivity contribution is -0.137. The fourth-order valence-corrected chi connectivity index (χ4v) is 3.10. The minimum Gasteiger partial charge on any atom is -0.507 e. The number of phenols is 1. The first-order valence-corrected chi connectivity index (χ1v) is 6.42. The van der Waals surface area contributed by atoms with Gasteiger partial charge in [0, 0.05) is 16.6 Å². The lowest BCUT2D eigenvalue weighted by Gasteiger charge is -2.17. The molecule has 0 saturated carbocycles. The molecule has 7 heteroatoms. The van der Waals surface area contributed by atoms with Crippen LogP contribution in [0.3, 0.4) is 0 Å². The molecule has 3 N–H and O–H groups in total.